The number of halogens is 4. The third-order valence-electron chi connectivity index (χ3n) is 4.63. The van der Waals surface area contributed by atoms with Crippen LogP contribution in [0.2, 0.25) is 5.02 Å². The number of carbonyl (C=O) groups is 1. The van der Waals surface area contributed by atoms with E-state index in [1.54, 1.807) is 0 Å². The maximum absolute atomic E-state index is 15.2. The number of nitrogens with two attached hydrogens (primary N) is 1. The van der Waals surface area contributed by atoms with Gasteiger partial charge in [0, 0.05) is 23.6 Å². The SMILES string of the molecule is CC1(C)N=C(N)O[C@](C)(c2cc(NC(=O)c3ncc(Cl)cn3)ccc2F)C1(F)F. The lowest BCUT2D eigenvalue weighted by Crippen LogP contribution is -2.62. The number of carbonyl (C=O) groups excluding carboxylic acids is 1. The van der Waals surface area contributed by atoms with Crippen molar-refractivity contribution in [2.24, 2.45) is 10.7 Å². The molecule has 1 amide bonds. The minimum atomic E-state index is -3.63. The second-order valence-electron chi connectivity index (χ2n) is 7.09. The van der Waals surface area contributed by atoms with E-state index in [0.29, 0.717) is 0 Å². The predicted octanol–water partition coefficient (Wildman–Crippen LogP) is 3.50. The Morgan fingerprint density at radius 3 is 2.45 bits per heavy atom. The van der Waals surface area contributed by atoms with Gasteiger partial charge in [-0.25, -0.2) is 19.4 Å². The summed E-state index contributed by atoms with van der Waals surface area (Å²) in [7, 11) is 0. The van der Waals surface area contributed by atoms with Crippen molar-refractivity contribution in [2.45, 2.75) is 37.8 Å². The Labute approximate surface area is 169 Å². The molecule has 29 heavy (non-hydrogen) atoms. The van der Waals surface area contributed by atoms with E-state index < -0.39 is 40.4 Å². The molecular weight excluding hydrogens is 411 g/mol. The zero-order valence-electron chi connectivity index (χ0n) is 15.6. The molecule has 0 unspecified atom stereocenters. The standard InChI is InChI=1S/C18H17ClF3N5O2/c1-16(2)18(21,22)17(3,29-15(23)27-16)11-6-10(4-5-12(11)20)26-14(28)13-24-7-9(19)8-25-13/h4-8H,1-3H3,(H2,23,27)(H,26,28)/t17-/m1/s1. The second-order valence-corrected chi connectivity index (χ2v) is 7.53. The molecule has 0 fully saturated rings. The molecule has 0 bridgehead atoms. The molecule has 1 aliphatic heterocycles. The first-order chi connectivity index (χ1) is 13.4. The summed E-state index contributed by atoms with van der Waals surface area (Å²) in [6.45, 7) is 3.35. The highest BCUT2D eigenvalue weighted by Crippen LogP contribution is 2.51. The third-order valence-corrected chi connectivity index (χ3v) is 4.82. The number of nitrogens with zero attached hydrogens (tertiary/aromatic N) is 3. The van der Waals surface area contributed by atoms with Crippen LogP contribution in [0.1, 0.15) is 37.0 Å². The number of anilines is 1. The van der Waals surface area contributed by atoms with Gasteiger partial charge in [0.05, 0.1) is 5.02 Å². The van der Waals surface area contributed by atoms with E-state index in [-0.39, 0.29) is 16.5 Å². The van der Waals surface area contributed by atoms with Crippen LogP contribution in [0.15, 0.2) is 35.6 Å². The van der Waals surface area contributed by atoms with E-state index in [4.69, 9.17) is 22.1 Å². The van der Waals surface area contributed by atoms with Crippen LogP contribution in [0, 0.1) is 5.82 Å². The molecule has 2 aromatic rings. The van der Waals surface area contributed by atoms with Crippen LogP contribution in [0.5, 0.6) is 0 Å². The quantitative estimate of drug-likeness (QED) is 0.780. The first-order valence-corrected chi connectivity index (χ1v) is 8.76. The fourth-order valence-corrected chi connectivity index (χ4v) is 3.13. The zero-order valence-corrected chi connectivity index (χ0v) is 16.4. The fourth-order valence-electron chi connectivity index (χ4n) is 3.03. The van der Waals surface area contributed by atoms with Gasteiger partial charge in [-0.1, -0.05) is 11.6 Å². The van der Waals surface area contributed by atoms with Gasteiger partial charge in [-0.15, -0.1) is 0 Å². The lowest BCUT2D eigenvalue weighted by molar-refractivity contribution is -0.215. The number of hydrogen-bond acceptors (Lipinski definition) is 6. The highest BCUT2D eigenvalue weighted by Gasteiger charge is 2.66. The summed E-state index contributed by atoms with van der Waals surface area (Å²) >= 11 is 5.67. The molecule has 3 N–H and O–H groups in total. The van der Waals surface area contributed by atoms with Crippen molar-refractivity contribution in [1.29, 1.82) is 0 Å². The molecule has 7 nitrogen and oxygen atoms in total. The van der Waals surface area contributed by atoms with Crippen molar-refractivity contribution in [1.82, 2.24) is 9.97 Å². The largest absolute Gasteiger partial charge is 0.448 e. The highest BCUT2D eigenvalue weighted by atomic mass is 35.5. The molecule has 2 heterocycles. The van der Waals surface area contributed by atoms with Crippen LogP contribution in [-0.2, 0) is 10.3 Å². The summed E-state index contributed by atoms with van der Waals surface area (Å²) in [5.41, 5.74) is 0.692. The highest BCUT2D eigenvalue weighted by molar-refractivity contribution is 6.30. The minimum Gasteiger partial charge on any atom is -0.448 e. The number of benzene rings is 1. The van der Waals surface area contributed by atoms with Crippen LogP contribution in [0.3, 0.4) is 0 Å². The van der Waals surface area contributed by atoms with E-state index >= 15 is 8.78 Å². The monoisotopic (exact) mass is 427 g/mol. The van der Waals surface area contributed by atoms with Gasteiger partial charge in [-0.05, 0) is 39.0 Å². The van der Waals surface area contributed by atoms with E-state index in [1.807, 2.05) is 0 Å². The molecule has 1 aliphatic rings. The maximum Gasteiger partial charge on any atom is 0.315 e. The van der Waals surface area contributed by atoms with Crippen molar-refractivity contribution in [3.8, 4) is 0 Å². The van der Waals surface area contributed by atoms with E-state index in [9.17, 15) is 9.18 Å². The second kappa shape index (κ2) is 6.87. The summed E-state index contributed by atoms with van der Waals surface area (Å²) in [5, 5.41) is 2.66. The fraction of sp³-hybridized carbons (Fsp3) is 0.333. The van der Waals surface area contributed by atoms with Crippen molar-refractivity contribution >= 4 is 29.2 Å². The lowest BCUT2D eigenvalue weighted by Gasteiger charge is -2.47. The van der Waals surface area contributed by atoms with Gasteiger partial charge in [0.1, 0.15) is 11.4 Å². The molecule has 0 radical (unpaired) electrons. The van der Waals surface area contributed by atoms with Gasteiger partial charge < -0.3 is 15.8 Å². The Morgan fingerprint density at radius 2 is 1.83 bits per heavy atom. The van der Waals surface area contributed by atoms with E-state index in [1.165, 1.54) is 32.3 Å². The molecule has 154 valence electrons. The number of nitrogens with one attached hydrogen (secondary N) is 1. The third kappa shape index (κ3) is 3.48. The van der Waals surface area contributed by atoms with Crippen LogP contribution < -0.4 is 11.1 Å². The number of hydrogen-bond donors (Lipinski definition) is 2. The zero-order chi connectivity index (χ0) is 21.6. The molecule has 0 aliphatic carbocycles. The Kier molecular flexibility index (Phi) is 4.94. The number of amides is 1. The van der Waals surface area contributed by atoms with Gasteiger partial charge in [-0.3, -0.25) is 4.79 Å². The Hall–Kier alpha value is -2.88. The van der Waals surface area contributed by atoms with Crippen LogP contribution in [0.25, 0.3) is 0 Å². The molecule has 0 saturated heterocycles. The van der Waals surface area contributed by atoms with Crippen molar-refractivity contribution in [3.63, 3.8) is 0 Å². The molecule has 11 heteroatoms. The number of amidine groups is 1. The maximum atomic E-state index is 15.2. The number of ether oxygens (including phenoxy) is 1. The smallest absolute Gasteiger partial charge is 0.315 e. The van der Waals surface area contributed by atoms with Crippen molar-refractivity contribution < 1.29 is 22.7 Å². The van der Waals surface area contributed by atoms with Gasteiger partial charge in [-0.2, -0.15) is 8.78 Å². The lowest BCUT2D eigenvalue weighted by atomic mass is 9.78. The summed E-state index contributed by atoms with van der Waals surface area (Å²) < 4.78 is 50.1. The summed E-state index contributed by atoms with van der Waals surface area (Å²) in [5.74, 6) is -5.53. The Morgan fingerprint density at radius 1 is 1.21 bits per heavy atom. The molecule has 0 saturated carbocycles. The molecule has 1 aromatic carbocycles. The van der Waals surface area contributed by atoms with Crippen LogP contribution in [0.4, 0.5) is 18.9 Å². The summed E-state index contributed by atoms with van der Waals surface area (Å²) in [6, 6.07) is 2.70. The predicted molar refractivity (Wildman–Crippen MR) is 100 cm³/mol. The van der Waals surface area contributed by atoms with Gasteiger partial charge in [0.2, 0.25) is 11.4 Å². The van der Waals surface area contributed by atoms with Gasteiger partial charge >= 0.3 is 5.92 Å². The Balaban J connectivity index is 2.00. The molecule has 1 atom stereocenters. The number of aliphatic imine (C=N–C) groups is 1. The number of alkyl halides is 2. The first kappa shape index (κ1) is 20.8. The molecule has 1 aromatic heterocycles. The normalized spacial score (nSPS) is 22.4. The molecular formula is C18H17ClF3N5O2. The average Bonchev–Trinajstić information content (AvgIpc) is 2.61. The van der Waals surface area contributed by atoms with Crippen molar-refractivity contribution in [2.75, 3.05) is 5.32 Å². The van der Waals surface area contributed by atoms with Crippen LogP contribution >= 0.6 is 11.6 Å². The van der Waals surface area contributed by atoms with Gasteiger partial charge in [0.15, 0.2) is 0 Å². The minimum absolute atomic E-state index is 0.0319. The molecule has 3 rings (SSSR count). The average molecular weight is 428 g/mol. The van der Waals surface area contributed by atoms with Crippen molar-refractivity contribution in [3.05, 3.63) is 52.8 Å². The Bertz CT molecular complexity index is 997. The van der Waals surface area contributed by atoms with Gasteiger partial charge in [0.25, 0.3) is 11.9 Å². The first-order valence-electron chi connectivity index (χ1n) is 8.38. The topological polar surface area (TPSA) is 102 Å². The summed E-state index contributed by atoms with van der Waals surface area (Å²) in [4.78, 5) is 23.4. The summed E-state index contributed by atoms with van der Waals surface area (Å²) in [6.07, 6.45) is 2.45. The van der Waals surface area contributed by atoms with E-state index in [2.05, 4.69) is 20.3 Å². The molecule has 0 spiro atoms. The van der Waals surface area contributed by atoms with E-state index in [0.717, 1.165) is 19.1 Å². The number of aromatic nitrogens is 2. The van der Waals surface area contributed by atoms with Crippen LogP contribution in [-0.4, -0.2) is 33.4 Å². The number of rotatable bonds is 3.